The second-order valence-corrected chi connectivity index (χ2v) is 3.16. The number of nitrogens with zero attached hydrogens (tertiary/aromatic N) is 2. The van der Waals surface area contributed by atoms with Crippen LogP contribution in [0.15, 0.2) is 6.07 Å². The molecule has 20 heavy (non-hydrogen) atoms. The molecule has 0 saturated carbocycles. The maximum Gasteiger partial charge on any atom is 0.575 e. The van der Waals surface area contributed by atoms with Gasteiger partial charge in [0.15, 0.2) is 0 Å². The zero-order valence-electron chi connectivity index (χ0n) is 9.02. The fourth-order valence-electron chi connectivity index (χ4n) is 1.22. The fourth-order valence-corrected chi connectivity index (χ4v) is 1.22. The molecule has 12 heteroatoms. The molecule has 7 nitrogen and oxygen atoms in total. The second kappa shape index (κ2) is 5.22. The van der Waals surface area contributed by atoms with Crippen molar-refractivity contribution in [1.82, 2.24) is 4.98 Å². The predicted molar refractivity (Wildman–Crippen MR) is 49.5 cm³/mol. The summed E-state index contributed by atoms with van der Waals surface area (Å²) in [6, 6.07) is 0.0321. The number of carboxylic acid groups (broad SMARTS) is 1. The molecule has 1 rings (SSSR count). The average molecular weight is 302 g/mol. The molecule has 0 aromatic carbocycles. The minimum absolute atomic E-state index is 0.0321. The summed E-state index contributed by atoms with van der Waals surface area (Å²) in [5.74, 6) is -5.33. The lowest BCUT2D eigenvalue weighted by molar-refractivity contribution is -0.391. The Morgan fingerprint density at radius 1 is 1.45 bits per heavy atom. The summed E-state index contributed by atoms with van der Waals surface area (Å²) in [6.45, 7) is 0. The van der Waals surface area contributed by atoms with E-state index in [1.165, 1.54) is 0 Å². The van der Waals surface area contributed by atoms with E-state index in [9.17, 15) is 36.9 Å². The van der Waals surface area contributed by atoms with Crippen LogP contribution in [0.2, 0.25) is 0 Å². The molecule has 0 aliphatic heterocycles. The molecule has 110 valence electrons. The largest absolute Gasteiger partial charge is 0.575 e. The van der Waals surface area contributed by atoms with Crippen molar-refractivity contribution < 1.29 is 41.5 Å². The standard InChI is InChI=1S/C8H3F5N2O5/c9-5(10)4-2(7(16)17)1-3(20-8(11,12)13)14-6(4)15(18)19/h1,5H,(H,16,17). The van der Waals surface area contributed by atoms with Gasteiger partial charge >= 0.3 is 24.0 Å². The molecule has 1 aromatic heterocycles. The highest BCUT2D eigenvalue weighted by molar-refractivity contribution is 5.91. The first-order valence-electron chi connectivity index (χ1n) is 4.49. The normalized spacial score (nSPS) is 11.5. The van der Waals surface area contributed by atoms with E-state index in [0.717, 1.165) is 0 Å². The van der Waals surface area contributed by atoms with Gasteiger partial charge in [0, 0.05) is 11.1 Å². The Bertz CT molecular complexity index is 524. The SMILES string of the molecule is O=C(O)c1cc(OC(F)(F)F)nc([N+](=O)[O-])c1C(F)F. The third-order valence-corrected chi connectivity index (χ3v) is 1.86. The van der Waals surface area contributed by atoms with Gasteiger partial charge in [0.1, 0.15) is 5.56 Å². The van der Waals surface area contributed by atoms with E-state index in [1.807, 2.05) is 0 Å². The number of alkyl halides is 5. The zero-order valence-corrected chi connectivity index (χ0v) is 9.02. The van der Waals surface area contributed by atoms with Crippen LogP contribution in [0.5, 0.6) is 5.88 Å². The molecule has 0 aliphatic carbocycles. The van der Waals surface area contributed by atoms with Gasteiger partial charge in [-0.05, 0) is 4.92 Å². The van der Waals surface area contributed by atoms with Crippen molar-refractivity contribution in [2.24, 2.45) is 0 Å². The summed E-state index contributed by atoms with van der Waals surface area (Å²) < 4.78 is 64.2. The van der Waals surface area contributed by atoms with Crippen LogP contribution in [0.3, 0.4) is 0 Å². The lowest BCUT2D eigenvalue weighted by Gasteiger charge is -2.09. The average Bonchev–Trinajstić information content (AvgIpc) is 2.24. The lowest BCUT2D eigenvalue weighted by Crippen LogP contribution is -2.19. The first-order chi connectivity index (χ1) is 9.03. The van der Waals surface area contributed by atoms with Gasteiger partial charge in [-0.1, -0.05) is 0 Å². The molecule has 1 heterocycles. The van der Waals surface area contributed by atoms with Gasteiger partial charge in [0.2, 0.25) is 0 Å². The van der Waals surface area contributed by atoms with Crippen molar-refractivity contribution in [2.45, 2.75) is 12.8 Å². The highest BCUT2D eigenvalue weighted by Gasteiger charge is 2.38. The summed E-state index contributed by atoms with van der Waals surface area (Å²) in [4.78, 5) is 22.3. The monoisotopic (exact) mass is 302 g/mol. The number of halogens is 5. The first-order valence-corrected chi connectivity index (χ1v) is 4.49. The van der Waals surface area contributed by atoms with Gasteiger partial charge in [0.25, 0.3) is 6.43 Å². The van der Waals surface area contributed by atoms with E-state index in [4.69, 9.17) is 5.11 Å². The number of aromatic carboxylic acids is 1. The van der Waals surface area contributed by atoms with E-state index >= 15 is 0 Å². The van der Waals surface area contributed by atoms with Crippen LogP contribution in [0, 0.1) is 10.1 Å². The summed E-state index contributed by atoms with van der Waals surface area (Å²) >= 11 is 0. The Balaban J connectivity index is 3.55. The van der Waals surface area contributed by atoms with Gasteiger partial charge in [-0.3, -0.25) is 0 Å². The van der Waals surface area contributed by atoms with Crippen LogP contribution in [0.4, 0.5) is 27.8 Å². The number of carbonyl (C=O) groups is 1. The van der Waals surface area contributed by atoms with E-state index in [0.29, 0.717) is 0 Å². The third-order valence-electron chi connectivity index (χ3n) is 1.86. The fraction of sp³-hybridized carbons (Fsp3) is 0.250. The van der Waals surface area contributed by atoms with Crippen molar-refractivity contribution in [1.29, 1.82) is 0 Å². The minimum atomic E-state index is -5.32. The number of pyridine rings is 1. The number of carboxylic acids is 1. The number of nitro groups is 1. The van der Waals surface area contributed by atoms with Crippen LogP contribution in [-0.2, 0) is 0 Å². The number of hydrogen-bond donors (Lipinski definition) is 1. The molecular weight excluding hydrogens is 299 g/mol. The Morgan fingerprint density at radius 3 is 2.35 bits per heavy atom. The van der Waals surface area contributed by atoms with E-state index in [2.05, 4.69) is 9.72 Å². The van der Waals surface area contributed by atoms with E-state index in [-0.39, 0.29) is 6.07 Å². The highest BCUT2D eigenvalue weighted by atomic mass is 19.4. The molecule has 0 unspecified atom stereocenters. The van der Waals surface area contributed by atoms with E-state index < -0.39 is 46.5 Å². The predicted octanol–water partition coefficient (Wildman–Crippen LogP) is 2.52. The van der Waals surface area contributed by atoms with E-state index in [1.54, 1.807) is 0 Å². The summed E-state index contributed by atoms with van der Waals surface area (Å²) in [7, 11) is 0. The van der Waals surface area contributed by atoms with Gasteiger partial charge in [0.05, 0.1) is 5.56 Å². The van der Waals surface area contributed by atoms with Gasteiger partial charge < -0.3 is 20.0 Å². The molecule has 1 N–H and O–H groups in total. The number of ether oxygens (including phenoxy) is 1. The second-order valence-electron chi connectivity index (χ2n) is 3.16. The number of hydrogen-bond acceptors (Lipinski definition) is 5. The Morgan fingerprint density at radius 2 is 2.00 bits per heavy atom. The van der Waals surface area contributed by atoms with Crippen LogP contribution in [-0.4, -0.2) is 27.3 Å². The molecule has 0 fully saturated rings. The summed E-state index contributed by atoms with van der Waals surface area (Å²) in [5, 5.41) is 19.1. The highest BCUT2D eigenvalue weighted by Crippen LogP contribution is 2.34. The van der Waals surface area contributed by atoms with Gasteiger partial charge in [-0.25, -0.2) is 13.6 Å². The Kier molecular flexibility index (Phi) is 4.06. The molecule has 0 spiro atoms. The van der Waals surface area contributed by atoms with Crippen molar-refractivity contribution in [2.75, 3.05) is 0 Å². The molecule has 0 radical (unpaired) electrons. The molecule has 0 saturated heterocycles. The lowest BCUT2D eigenvalue weighted by atomic mass is 10.1. The van der Waals surface area contributed by atoms with Crippen molar-refractivity contribution in [3.05, 3.63) is 27.3 Å². The van der Waals surface area contributed by atoms with Crippen molar-refractivity contribution in [3.8, 4) is 5.88 Å². The van der Waals surface area contributed by atoms with Crippen molar-refractivity contribution in [3.63, 3.8) is 0 Å². The summed E-state index contributed by atoms with van der Waals surface area (Å²) in [5.41, 5.74) is -3.00. The van der Waals surface area contributed by atoms with Crippen LogP contribution in [0.1, 0.15) is 22.3 Å². The first kappa shape index (κ1) is 15.5. The van der Waals surface area contributed by atoms with Crippen LogP contribution in [0.25, 0.3) is 0 Å². The third kappa shape index (κ3) is 3.49. The van der Waals surface area contributed by atoms with Crippen LogP contribution < -0.4 is 4.74 Å². The minimum Gasteiger partial charge on any atom is -0.478 e. The van der Waals surface area contributed by atoms with Gasteiger partial charge in [-0.15, -0.1) is 13.2 Å². The quantitative estimate of drug-likeness (QED) is 0.521. The van der Waals surface area contributed by atoms with Gasteiger partial charge in [-0.2, -0.15) is 0 Å². The Hall–Kier alpha value is -2.53. The number of rotatable bonds is 4. The molecular formula is C8H3F5N2O5. The smallest absolute Gasteiger partial charge is 0.478 e. The molecule has 0 atom stereocenters. The van der Waals surface area contributed by atoms with Crippen LogP contribution >= 0.6 is 0 Å². The molecule has 0 bridgehead atoms. The maximum absolute atomic E-state index is 12.6. The maximum atomic E-state index is 12.6. The topological polar surface area (TPSA) is 103 Å². The molecule has 1 aromatic rings. The number of aromatic nitrogens is 1. The Labute approximate surface area is 105 Å². The molecule has 0 aliphatic rings. The molecule has 0 amide bonds. The summed E-state index contributed by atoms with van der Waals surface area (Å²) in [6.07, 6.45) is -8.93. The zero-order chi connectivity index (χ0) is 15.7. The van der Waals surface area contributed by atoms with Crippen molar-refractivity contribution >= 4 is 11.8 Å².